The van der Waals surface area contributed by atoms with Crippen LogP contribution in [0.5, 0.6) is 0 Å². The second kappa shape index (κ2) is 4.71. The fourth-order valence-electron chi connectivity index (χ4n) is 3.05. The van der Waals surface area contributed by atoms with Crippen molar-refractivity contribution in [2.45, 2.75) is 19.8 Å². The van der Waals surface area contributed by atoms with Crippen molar-refractivity contribution >= 4 is 26.8 Å². The molecule has 2 heterocycles. The molecular formula is C15H19BrN2. The Bertz CT molecular complexity index is 580. The van der Waals surface area contributed by atoms with Gasteiger partial charge in [0.1, 0.15) is 0 Å². The van der Waals surface area contributed by atoms with E-state index < -0.39 is 0 Å². The summed E-state index contributed by atoms with van der Waals surface area (Å²) in [4.78, 5) is 0. The molecule has 18 heavy (non-hydrogen) atoms. The molecule has 1 fully saturated rings. The molecule has 1 unspecified atom stereocenters. The van der Waals surface area contributed by atoms with Crippen LogP contribution in [0.15, 0.2) is 22.7 Å². The van der Waals surface area contributed by atoms with Crippen LogP contribution in [0.2, 0.25) is 0 Å². The monoisotopic (exact) mass is 306 g/mol. The Balaban J connectivity index is 2.07. The van der Waals surface area contributed by atoms with Crippen LogP contribution in [-0.4, -0.2) is 17.7 Å². The van der Waals surface area contributed by atoms with Gasteiger partial charge in [-0.1, -0.05) is 22.0 Å². The molecule has 1 atom stereocenters. The predicted molar refractivity (Wildman–Crippen MR) is 80.0 cm³/mol. The van der Waals surface area contributed by atoms with Gasteiger partial charge in [0, 0.05) is 28.1 Å². The summed E-state index contributed by atoms with van der Waals surface area (Å²) in [6.07, 6.45) is 2.52. The molecule has 96 valence electrons. The van der Waals surface area contributed by atoms with E-state index in [1.54, 1.807) is 0 Å². The summed E-state index contributed by atoms with van der Waals surface area (Å²) in [5, 5.41) is 4.88. The van der Waals surface area contributed by atoms with Crippen molar-refractivity contribution in [3.05, 3.63) is 33.9 Å². The predicted octanol–water partition coefficient (Wildman–Crippen LogP) is 3.40. The minimum atomic E-state index is 0.804. The Hall–Kier alpha value is -0.800. The zero-order valence-corrected chi connectivity index (χ0v) is 12.5. The number of fused-ring (bicyclic) bond motifs is 1. The first-order valence-corrected chi connectivity index (χ1v) is 7.40. The van der Waals surface area contributed by atoms with Crippen LogP contribution < -0.4 is 5.32 Å². The number of nitrogens with one attached hydrogen (secondary N) is 1. The van der Waals surface area contributed by atoms with Gasteiger partial charge in [0.2, 0.25) is 0 Å². The third-order valence-corrected chi connectivity index (χ3v) is 4.73. The second-order valence-electron chi connectivity index (χ2n) is 5.35. The van der Waals surface area contributed by atoms with E-state index >= 15 is 0 Å². The van der Waals surface area contributed by atoms with E-state index in [9.17, 15) is 0 Å². The maximum atomic E-state index is 3.57. The summed E-state index contributed by atoms with van der Waals surface area (Å²) in [6, 6.07) is 6.63. The molecule has 0 radical (unpaired) electrons. The summed E-state index contributed by atoms with van der Waals surface area (Å²) in [6.45, 7) is 4.60. The van der Waals surface area contributed by atoms with Crippen molar-refractivity contribution in [3.63, 3.8) is 0 Å². The van der Waals surface area contributed by atoms with Gasteiger partial charge in [-0.05, 0) is 56.5 Å². The quantitative estimate of drug-likeness (QED) is 0.900. The van der Waals surface area contributed by atoms with Crippen molar-refractivity contribution in [3.8, 4) is 0 Å². The molecule has 1 aliphatic heterocycles. The molecular weight excluding hydrogens is 288 g/mol. The van der Waals surface area contributed by atoms with Crippen LogP contribution >= 0.6 is 15.9 Å². The van der Waals surface area contributed by atoms with Crippen LogP contribution in [-0.2, 0) is 13.5 Å². The zero-order valence-electron chi connectivity index (χ0n) is 11.0. The molecule has 0 saturated carbocycles. The summed E-state index contributed by atoms with van der Waals surface area (Å²) in [5.74, 6) is 0.804. The lowest BCUT2D eigenvalue weighted by atomic mass is 9.96. The molecule has 3 heteroatoms. The van der Waals surface area contributed by atoms with Gasteiger partial charge in [-0.3, -0.25) is 0 Å². The van der Waals surface area contributed by atoms with Gasteiger partial charge < -0.3 is 9.88 Å². The Labute approximate surface area is 116 Å². The molecule has 1 aromatic carbocycles. The van der Waals surface area contributed by atoms with Crippen molar-refractivity contribution in [1.82, 2.24) is 9.88 Å². The maximum absolute atomic E-state index is 3.57. The number of aryl methyl sites for hydroxylation is 1. The molecule has 1 saturated heterocycles. The largest absolute Gasteiger partial charge is 0.348 e. The average molecular weight is 307 g/mol. The van der Waals surface area contributed by atoms with Crippen LogP contribution in [0.4, 0.5) is 0 Å². The minimum Gasteiger partial charge on any atom is -0.348 e. The van der Waals surface area contributed by atoms with Crippen molar-refractivity contribution < 1.29 is 0 Å². The van der Waals surface area contributed by atoms with Crippen LogP contribution in [0.1, 0.15) is 17.7 Å². The summed E-state index contributed by atoms with van der Waals surface area (Å²) < 4.78 is 3.47. The highest BCUT2D eigenvalue weighted by Crippen LogP contribution is 2.30. The van der Waals surface area contributed by atoms with E-state index in [1.165, 1.54) is 48.1 Å². The molecule has 0 bridgehead atoms. The highest BCUT2D eigenvalue weighted by Gasteiger charge is 2.19. The van der Waals surface area contributed by atoms with Crippen molar-refractivity contribution in [1.29, 1.82) is 0 Å². The third kappa shape index (κ3) is 1.99. The second-order valence-corrected chi connectivity index (χ2v) is 6.26. The normalized spacial score (nSPS) is 19.8. The van der Waals surface area contributed by atoms with Gasteiger partial charge in [0.25, 0.3) is 0 Å². The molecule has 3 rings (SSSR count). The molecule has 1 aliphatic rings. The van der Waals surface area contributed by atoms with Crippen molar-refractivity contribution in [2.75, 3.05) is 13.1 Å². The number of nitrogens with zero attached hydrogens (tertiary/aromatic N) is 1. The van der Waals surface area contributed by atoms with Gasteiger partial charge in [0.15, 0.2) is 0 Å². The lowest BCUT2D eigenvalue weighted by molar-refractivity contribution is 0.579. The van der Waals surface area contributed by atoms with Gasteiger partial charge in [-0.15, -0.1) is 0 Å². The van der Waals surface area contributed by atoms with Gasteiger partial charge in [-0.25, -0.2) is 0 Å². The number of rotatable bonds is 2. The number of hydrogen-bond donors (Lipinski definition) is 1. The lowest BCUT2D eigenvalue weighted by Crippen LogP contribution is -2.11. The van der Waals surface area contributed by atoms with Gasteiger partial charge in [-0.2, -0.15) is 0 Å². The van der Waals surface area contributed by atoms with E-state index in [1.807, 2.05) is 0 Å². The Kier molecular flexibility index (Phi) is 3.20. The molecule has 1 aromatic heterocycles. The first-order chi connectivity index (χ1) is 8.66. The average Bonchev–Trinajstić information content (AvgIpc) is 2.94. The highest BCUT2D eigenvalue weighted by molar-refractivity contribution is 9.10. The summed E-state index contributed by atoms with van der Waals surface area (Å²) in [5.41, 5.74) is 4.28. The molecule has 0 aliphatic carbocycles. The number of halogens is 1. The lowest BCUT2D eigenvalue weighted by Gasteiger charge is -2.08. The summed E-state index contributed by atoms with van der Waals surface area (Å²) >= 11 is 3.57. The van der Waals surface area contributed by atoms with E-state index in [0.29, 0.717) is 0 Å². The van der Waals surface area contributed by atoms with E-state index in [2.05, 4.69) is 58.0 Å². The van der Waals surface area contributed by atoms with Crippen LogP contribution in [0.25, 0.3) is 10.9 Å². The zero-order chi connectivity index (χ0) is 12.7. The third-order valence-electron chi connectivity index (χ3n) is 4.24. The van der Waals surface area contributed by atoms with Crippen LogP contribution in [0.3, 0.4) is 0 Å². The number of aromatic nitrogens is 1. The van der Waals surface area contributed by atoms with Gasteiger partial charge in [0.05, 0.1) is 0 Å². The van der Waals surface area contributed by atoms with E-state index in [4.69, 9.17) is 0 Å². The highest BCUT2D eigenvalue weighted by atomic mass is 79.9. The number of hydrogen-bond acceptors (Lipinski definition) is 1. The van der Waals surface area contributed by atoms with Gasteiger partial charge >= 0.3 is 0 Å². The summed E-state index contributed by atoms with van der Waals surface area (Å²) in [7, 11) is 2.17. The first kappa shape index (κ1) is 12.2. The van der Waals surface area contributed by atoms with E-state index in [0.717, 1.165) is 10.4 Å². The topological polar surface area (TPSA) is 17.0 Å². The molecule has 0 spiro atoms. The first-order valence-electron chi connectivity index (χ1n) is 6.61. The fraction of sp³-hybridized carbons (Fsp3) is 0.467. The molecule has 1 N–H and O–H groups in total. The van der Waals surface area contributed by atoms with E-state index in [-0.39, 0.29) is 0 Å². The minimum absolute atomic E-state index is 0.804. The van der Waals surface area contributed by atoms with Crippen molar-refractivity contribution in [2.24, 2.45) is 13.0 Å². The Morgan fingerprint density at radius 3 is 3.00 bits per heavy atom. The molecule has 2 aromatic rings. The Morgan fingerprint density at radius 1 is 1.44 bits per heavy atom. The standard InChI is InChI=1S/C15H19BrN2/c1-10-14(7-11-5-6-17-9-11)13-4-3-12(16)8-15(13)18(10)2/h3-4,8,11,17H,5-7,9H2,1-2H3. The SMILES string of the molecule is Cc1c(CC2CCNC2)c2ccc(Br)cc2n1C. The number of benzene rings is 1. The fourth-order valence-corrected chi connectivity index (χ4v) is 3.40. The Morgan fingerprint density at radius 2 is 2.28 bits per heavy atom. The van der Waals surface area contributed by atoms with Crippen LogP contribution in [0, 0.1) is 12.8 Å². The maximum Gasteiger partial charge on any atom is 0.0494 e. The molecule has 0 amide bonds. The molecule has 2 nitrogen and oxygen atoms in total. The smallest absolute Gasteiger partial charge is 0.0494 e.